The Morgan fingerprint density at radius 1 is 1.36 bits per heavy atom. The molecule has 120 valence electrons. The molecule has 1 heterocycles. The number of aliphatic hydroxyl groups excluding tert-OH is 1. The predicted octanol–water partition coefficient (Wildman–Crippen LogP) is 2.62. The molecule has 1 aliphatic heterocycles. The quantitative estimate of drug-likeness (QED) is 0.814. The molecule has 0 saturated heterocycles. The largest absolute Gasteiger partial charge is 0.488 e. The van der Waals surface area contributed by atoms with Crippen molar-refractivity contribution in [1.82, 2.24) is 5.32 Å². The average Bonchev–Trinajstić information content (AvgIpc) is 2.51. The zero-order chi connectivity index (χ0) is 15.9. The van der Waals surface area contributed by atoms with E-state index in [1.807, 2.05) is 30.3 Å². The van der Waals surface area contributed by atoms with Gasteiger partial charge in [-0.05, 0) is 36.8 Å². The van der Waals surface area contributed by atoms with Crippen LogP contribution >= 0.6 is 0 Å². The first-order chi connectivity index (χ1) is 10.6. The molecule has 0 radical (unpaired) electrons. The van der Waals surface area contributed by atoms with E-state index in [1.54, 1.807) is 0 Å². The molecule has 1 aromatic rings. The molecule has 1 aliphatic rings. The second kappa shape index (κ2) is 7.99. The molecule has 1 amide bonds. The van der Waals surface area contributed by atoms with E-state index in [0.717, 1.165) is 24.2 Å². The topological polar surface area (TPSA) is 58.6 Å². The highest BCUT2D eigenvalue weighted by Crippen LogP contribution is 2.25. The Kier molecular flexibility index (Phi) is 6.01. The van der Waals surface area contributed by atoms with Crippen LogP contribution in [0.25, 0.3) is 6.08 Å². The fourth-order valence-corrected chi connectivity index (χ4v) is 2.75. The standard InChI is InChI=1S/C18H25NO3/c1-13(2)9-14(7-8-20)11-19-18(21)16-10-15-5-3-4-6-17(15)22-12-16/h3-6,10,13-14,20H,7-9,11-12H2,1-2H3,(H,19,21). The highest BCUT2D eigenvalue weighted by atomic mass is 16.5. The van der Waals surface area contributed by atoms with Crippen LogP contribution in [0.4, 0.5) is 0 Å². The molecule has 4 heteroatoms. The molecule has 0 aliphatic carbocycles. The number of nitrogens with one attached hydrogen (secondary N) is 1. The van der Waals surface area contributed by atoms with Crippen LogP contribution < -0.4 is 10.1 Å². The van der Waals surface area contributed by atoms with E-state index in [2.05, 4.69) is 19.2 Å². The summed E-state index contributed by atoms with van der Waals surface area (Å²) in [4.78, 5) is 12.3. The molecule has 0 spiro atoms. The Hall–Kier alpha value is -1.81. The third-order valence-electron chi connectivity index (χ3n) is 3.82. The molecule has 2 N–H and O–H groups in total. The van der Waals surface area contributed by atoms with Gasteiger partial charge in [-0.1, -0.05) is 32.0 Å². The Morgan fingerprint density at radius 2 is 2.14 bits per heavy atom. The van der Waals surface area contributed by atoms with Crippen molar-refractivity contribution >= 4 is 12.0 Å². The lowest BCUT2D eigenvalue weighted by Crippen LogP contribution is -2.33. The van der Waals surface area contributed by atoms with Gasteiger partial charge in [-0.3, -0.25) is 4.79 Å². The maximum Gasteiger partial charge on any atom is 0.250 e. The van der Waals surface area contributed by atoms with Gasteiger partial charge in [-0.2, -0.15) is 0 Å². The van der Waals surface area contributed by atoms with Crippen molar-refractivity contribution in [2.75, 3.05) is 19.8 Å². The Morgan fingerprint density at radius 3 is 2.86 bits per heavy atom. The minimum atomic E-state index is -0.0822. The van der Waals surface area contributed by atoms with Crippen molar-refractivity contribution in [3.8, 4) is 5.75 Å². The van der Waals surface area contributed by atoms with Crippen LogP contribution in [0, 0.1) is 11.8 Å². The van der Waals surface area contributed by atoms with Crippen molar-refractivity contribution in [2.24, 2.45) is 11.8 Å². The van der Waals surface area contributed by atoms with Gasteiger partial charge in [0.2, 0.25) is 0 Å². The highest BCUT2D eigenvalue weighted by molar-refractivity contribution is 5.99. The van der Waals surface area contributed by atoms with Gasteiger partial charge in [0.25, 0.3) is 5.91 Å². The monoisotopic (exact) mass is 303 g/mol. The lowest BCUT2D eigenvalue weighted by atomic mass is 9.94. The predicted molar refractivity (Wildman–Crippen MR) is 87.6 cm³/mol. The normalized spacial score (nSPS) is 14.8. The van der Waals surface area contributed by atoms with Crippen molar-refractivity contribution in [1.29, 1.82) is 0 Å². The third-order valence-corrected chi connectivity index (χ3v) is 3.82. The summed E-state index contributed by atoms with van der Waals surface area (Å²) in [6, 6.07) is 7.69. The minimum absolute atomic E-state index is 0.0822. The number of hydrogen-bond donors (Lipinski definition) is 2. The molecule has 2 rings (SSSR count). The Bertz CT molecular complexity index is 537. The number of amides is 1. The molecular formula is C18H25NO3. The van der Waals surface area contributed by atoms with Gasteiger partial charge in [0.15, 0.2) is 0 Å². The number of carbonyl (C=O) groups excluding carboxylic acids is 1. The van der Waals surface area contributed by atoms with Gasteiger partial charge in [-0.15, -0.1) is 0 Å². The first-order valence-electron chi connectivity index (χ1n) is 7.91. The molecule has 1 atom stereocenters. The summed E-state index contributed by atoms with van der Waals surface area (Å²) in [6.45, 7) is 5.36. The van der Waals surface area contributed by atoms with Crippen LogP contribution in [0.5, 0.6) is 5.75 Å². The fraction of sp³-hybridized carbons (Fsp3) is 0.500. The Labute approximate surface area is 132 Å². The highest BCUT2D eigenvalue weighted by Gasteiger charge is 2.18. The van der Waals surface area contributed by atoms with Gasteiger partial charge in [0, 0.05) is 18.7 Å². The van der Waals surface area contributed by atoms with Crippen LogP contribution in [0.15, 0.2) is 29.8 Å². The van der Waals surface area contributed by atoms with Gasteiger partial charge in [0.05, 0.1) is 5.57 Å². The minimum Gasteiger partial charge on any atom is -0.488 e. The Balaban J connectivity index is 1.93. The number of rotatable bonds is 7. The number of hydrogen-bond acceptors (Lipinski definition) is 3. The first-order valence-corrected chi connectivity index (χ1v) is 7.91. The molecule has 1 aromatic carbocycles. The molecule has 22 heavy (non-hydrogen) atoms. The van der Waals surface area contributed by atoms with Crippen LogP contribution in [-0.4, -0.2) is 30.8 Å². The van der Waals surface area contributed by atoms with Gasteiger partial charge in [0.1, 0.15) is 12.4 Å². The SMILES string of the molecule is CC(C)CC(CCO)CNC(=O)C1=Cc2ccccc2OC1. The summed E-state index contributed by atoms with van der Waals surface area (Å²) in [7, 11) is 0. The van der Waals surface area contributed by atoms with E-state index in [0.29, 0.717) is 30.6 Å². The van der Waals surface area contributed by atoms with Gasteiger partial charge < -0.3 is 15.2 Å². The van der Waals surface area contributed by atoms with Crippen LogP contribution in [-0.2, 0) is 4.79 Å². The molecule has 4 nitrogen and oxygen atoms in total. The van der Waals surface area contributed by atoms with E-state index in [4.69, 9.17) is 9.84 Å². The summed E-state index contributed by atoms with van der Waals surface area (Å²) >= 11 is 0. The lowest BCUT2D eigenvalue weighted by Gasteiger charge is -2.21. The van der Waals surface area contributed by atoms with Crippen LogP contribution in [0.1, 0.15) is 32.3 Å². The smallest absolute Gasteiger partial charge is 0.250 e. The lowest BCUT2D eigenvalue weighted by molar-refractivity contribution is -0.118. The fourth-order valence-electron chi connectivity index (χ4n) is 2.75. The summed E-state index contributed by atoms with van der Waals surface area (Å²) in [6.07, 6.45) is 3.60. The van der Waals surface area contributed by atoms with E-state index in [9.17, 15) is 4.79 Å². The van der Waals surface area contributed by atoms with E-state index in [-0.39, 0.29) is 12.5 Å². The number of fused-ring (bicyclic) bond motifs is 1. The van der Waals surface area contributed by atoms with E-state index < -0.39 is 0 Å². The first kappa shape index (κ1) is 16.6. The van der Waals surface area contributed by atoms with Crippen LogP contribution in [0.2, 0.25) is 0 Å². The zero-order valence-electron chi connectivity index (χ0n) is 13.3. The maximum absolute atomic E-state index is 12.3. The summed E-state index contributed by atoms with van der Waals surface area (Å²) in [5, 5.41) is 12.1. The summed E-state index contributed by atoms with van der Waals surface area (Å²) in [5.41, 5.74) is 1.58. The third kappa shape index (κ3) is 4.60. The summed E-state index contributed by atoms with van der Waals surface area (Å²) in [5.74, 6) is 1.60. The maximum atomic E-state index is 12.3. The van der Waals surface area contributed by atoms with Gasteiger partial charge >= 0.3 is 0 Å². The van der Waals surface area contributed by atoms with Crippen molar-refractivity contribution in [3.63, 3.8) is 0 Å². The van der Waals surface area contributed by atoms with Crippen LogP contribution in [0.3, 0.4) is 0 Å². The van der Waals surface area contributed by atoms with Gasteiger partial charge in [-0.25, -0.2) is 0 Å². The van der Waals surface area contributed by atoms with E-state index in [1.165, 1.54) is 0 Å². The zero-order valence-corrected chi connectivity index (χ0v) is 13.3. The number of aliphatic hydroxyl groups is 1. The molecule has 0 saturated carbocycles. The second-order valence-corrected chi connectivity index (χ2v) is 6.21. The molecule has 0 aromatic heterocycles. The van der Waals surface area contributed by atoms with E-state index >= 15 is 0 Å². The molecule has 0 bridgehead atoms. The molecule has 1 unspecified atom stereocenters. The number of ether oxygens (including phenoxy) is 1. The summed E-state index contributed by atoms with van der Waals surface area (Å²) < 4.78 is 5.61. The molecular weight excluding hydrogens is 278 g/mol. The number of benzene rings is 1. The van der Waals surface area contributed by atoms with Crippen molar-refractivity contribution < 1.29 is 14.6 Å². The van der Waals surface area contributed by atoms with Crippen molar-refractivity contribution in [2.45, 2.75) is 26.7 Å². The average molecular weight is 303 g/mol. The van der Waals surface area contributed by atoms with Crippen molar-refractivity contribution in [3.05, 3.63) is 35.4 Å². The number of carbonyl (C=O) groups is 1. The second-order valence-electron chi connectivity index (χ2n) is 6.21. The molecule has 0 fully saturated rings. The number of para-hydroxylation sites is 1.